The number of rotatable bonds is 5. The standard InChI is InChI=1S/C15H20INO3/c1-19-15(18)10-17-8-4-5-12(9-17)11-20-14-7-3-2-6-13(14)16/h2-3,6-7,12H,4-5,8-11H2,1H3. The third kappa shape index (κ3) is 4.63. The summed E-state index contributed by atoms with van der Waals surface area (Å²) < 4.78 is 11.8. The molecule has 4 nitrogen and oxygen atoms in total. The Morgan fingerprint density at radius 1 is 1.45 bits per heavy atom. The number of hydrogen-bond acceptors (Lipinski definition) is 4. The molecule has 1 unspecified atom stereocenters. The van der Waals surface area contributed by atoms with Crippen molar-refractivity contribution in [3.05, 3.63) is 27.8 Å². The summed E-state index contributed by atoms with van der Waals surface area (Å²) >= 11 is 2.28. The Morgan fingerprint density at radius 3 is 3.00 bits per heavy atom. The van der Waals surface area contributed by atoms with Crippen molar-refractivity contribution < 1.29 is 14.3 Å². The highest BCUT2D eigenvalue weighted by Gasteiger charge is 2.22. The zero-order chi connectivity index (χ0) is 14.4. The zero-order valence-electron chi connectivity index (χ0n) is 11.7. The maximum atomic E-state index is 11.3. The van der Waals surface area contributed by atoms with E-state index in [1.807, 2.05) is 24.3 Å². The minimum absolute atomic E-state index is 0.163. The highest BCUT2D eigenvalue weighted by atomic mass is 127. The van der Waals surface area contributed by atoms with Crippen molar-refractivity contribution in [2.45, 2.75) is 12.8 Å². The van der Waals surface area contributed by atoms with Gasteiger partial charge in [-0.3, -0.25) is 9.69 Å². The fraction of sp³-hybridized carbons (Fsp3) is 0.533. The second kappa shape index (κ2) is 7.83. The molecule has 0 aromatic heterocycles. The van der Waals surface area contributed by atoms with Crippen LogP contribution in [0.5, 0.6) is 5.75 Å². The van der Waals surface area contributed by atoms with Crippen LogP contribution < -0.4 is 4.74 Å². The minimum atomic E-state index is -0.163. The van der Waals surface area contributed by atoms with Crippen LogP contribution in [0.25, 0.3) is 0 Å². The van der Waals surface area contributed by atoms with Crippen LogP contribution in [0.3, 0.4) is 0 Å². The molecular weight excluding hydrogens is 369 g/mol. The van der Waals surface area contributed by atoms with Gasteiger partial charge in [-0.25, -0.2) is 0 Å². The predicted octanol–water partition coefficient (Wildman–Crippen LogP) is 2.56. The summed E-state index contributed by atoms with van der Waals surface area (Å²) in [5.74, 6) is 1.26. The third-order valence-electron chi connectivity index (χ3n) is 3.49. The summed E-state index contributed by atoms with van der Waals surface area (Å²) in [6, 6.07) is 8.03. The van der Waals surface area contributed by atoms with Gasteiger partial charge >= 0.3 is 5.97 Å². The first-order valence-electron chi connectivity index (χ1n) is 6.85. The fourth-order valence-electron chi connectivity index (χ4n) is 2.45. The van der Waals surface area contributed by atoms with E-state index in [4.69, 9.17) is 9.47 Å². The lowest BCUT2D eigenvalue weighted by Crippen LogP contribution is -2.40. The molecule has 1 aliphatic heterocycles. The average molecular weight is 389 g/mol. The number of carbonyl (C=O) groups is 1. The molecule has 1 heterocycles. The molecule has 0 saturated carbocycles. The Hall–Kier alpha value is -0.820. The second-order valence-corrected chi connectivity index (χ2v) is 6.22. The topological polar surface area (TPSA) is 38.8 Å². The van der Waals surface area contributed by atoms with Gasteiger partial charge in [0.1, 0.15) is 5.75 Å². The van der Waals surface area contributed by atoms with Crippen molar-refractivity contribution in [3.8, 4) is 5.75 Å². The van der Waals surface area contributed by atoms with Crippen LogP contribution >= 0.6 is 22.6 Å². The van der Waals surface area contributed by atoms with Crippen molar-refractivity contribution in [1.82, 2.24) is 4.90 Å². The first-order valence-corrected chi connectivity index (χ1v) is 7.93. The number of benzene rings is 1. The van der Waals surface area contributed by atoms with E-state index in [1.165, 1.54) is 7.11 Å². The lowest BCUT2D eigenvalue weighted by Gasteiger charge is -2.31. The lowest BCUT2D eigenvalue weighted by molar-refractivity contribution is -0.142. The van der Waals surface area contributed by atoms with Crippen LogP contribution in [0.4, 0.5) is 0 Å². The highest BCUT2D eigenvalue weighted by molar-refractivity contribution is 14.1. The van der Waals surface area contributed by atoms with Gasteiger partial charge in [-0.05, 0) is 54.1 Å². The van der Waals surface area contributed by atoms with Crippen molar-refractivity contribution >= 4 is 28.6 Å². The van der Waals surface area contributed by atoms with Gasteiger partial charge in [-0.1, -0.05) is 12.1 Å². The van der Waals surface area contributed by atoms with E-state index in [0.29, 0.717) is 19.1 Å². The molecule has 0 spiro atoms. The van der Waals surface area contributed by atoms with Crippen LogP contribution in [0.15, 0.2) is 24.3 Å². The molecule has 2 rings (SSSR count). The van der Waals surface area contributed by atoms with Crippen LogP contribution in [0.1, 0.15) is 12.8 Å². The number of carbonyl (C=O) groups excluding carboxylic acids is 1. The SMILES string of the molecule is COC(=O)CN1CCCC(COc2ccccc2I)C1. The number of likely N-dealkylation sites (tertiary alicyclic amines) is 1. The number of hydrogen-bond donors (Lipinski definition) is 0. The molecule has 0 amide bonds. The van der Waals surface area contributed by atoms with Crippen molar-refractivity contribution in [2.75, 3.05) is 33.4 Å². The van der Waals surface area contributed by atoms with Crippen LogP contribution in [-0.2, 0) is 9.53 Å². The predicted molar refractivity (Wildman–Crippen MR) is 85.8 cm³/mol. The van der Waals surface area contributed by atoms with Crippen molar-refractivity contribution in [3.63, 3.8) is 0 Å². The van der Waals surface area contributed by atoms with Crippen molar-refractivity contribution in [2.24, 2.45) is 5.92 Å². The van der Waals surface area contributed by atoms with E-state index in [-0.39, 0.29) is 5.97 Å². The molecule has 110 valence electrons. The van der Waals surface area contributed by atoms with E-state index in [1.54, 1.807) is 0 Å². The Bertz CT molecular complexity index is 452. The largest absolute Gasteiger partial charge is 0.492 e. The Morgan fingerprint density at radius 2 is 2.25 bits per heavy atom. The molecule has 1 atom stereocenters. The maximum Gasteiger partial charge on any atom is 0.319 e. The molecule has 5 heteroatoms. The van der Waals surface area contributed by atoms with Gasteiger partial charge in [-0.15, -0.1) is 0 Å². The lowest BCUT2D eigenvalue weighted by atomic mass is 9.99. The number of nitrogens with zero attached hydrogens (tertiary/aromatic N) is 1. The van der Waals surface area contributed by atoms with E-state index in [2.05, 4.69) is 27.5 Å². The summed E-state index contributed by atoms with van der Waals surface area (Å²) in [5, 5.41) is 0. The highest BCUT2D eigenvalue weighted by Crippen LogP contribution is 2.22. The number of esters is 1. The van der Waals surface area contributed by atoms with E-state index in [9.17, 15) is 4.79 Å². The molecule has 1 aromatic carbocycles. The maximum absolute atomic E-state index is 11.3. The Kier molecular flexibility index (Phi) is 6.09. The van der Waals surface area contributed by atoms with Gasteiger partial charge < -0.3 is 9.47 Å². The fourth-order valence-corrected chi connectivity index (χ4v) is 2.99. The van der Waals surface area contributed by atoms with Crippen LogP contribution in [0.2, 0.25) is 0 Å². The molecule has 0 N–H and O–H groups in total. The molecule has 20 heavy (non-hydrogen) atoms. The smallest absolute Gasteiger partial charge is 0.319 e. The molecule has 1 saturated heterocycles. The molecular formula is C15H20INO3. The summed E-state index contributed by atoms with van der Waals surface area (Å²) in [7, 11) is 1.43. The van der Waals surface area contributed by atoms with Gasteiger partial charge in [0.15, 0.2) is 0 Å². The van der Waals surface area contributed by atoms with Crippen LogP contribution in [-0.4, -0.2) is 44.2 Å². The Balaban J connectivity index is 1.81. The van der Waals surface area contributed by atoms with Gasteiger partial charge in [0.05, 0.1) is 23.8 Å². The van der Waals surface area contributed by atoms with Crippen molar-refractivity contribution in [1.29, 1.82) is 0 Å². The second-order valence-electron chi connectivity index (χ2n) is 5.06. The number of halogens is 1. The number of methoxy groups -OCH3 is 1. The first-order chi connectivity index (χ1) is 9.69. The monoisotopic (exact) mass is 389 g/mol. The van der Waals surface area contributed by atoms with E-state index >= 15 is 0 Å². The Labute approximate surface area is 133 Å². The van der Waals surface area contributed by atoms with E-state index < -0.39 is 0 Å². The van der Waals surface area contributed by atoms with Gasteiger partial charge in [0.2, 0.25) is 0 Å². The molecule has 0 aliphatic carbocycles. The number of piperidine rings is 1. The molecule has 0 radical (unpaired) electrons. The normalized spacial score (nSPS) is 19.6. The summed E-state index contributed by atoms with van der Waals surface area (Å²) in [6.07, 6.45) is 2.26. The molecule has 1 aliphatic rings. The van der Waals surface area contributed by atoms with E-state index in [0.717, 1.165) is 35.3 Å². The average Bonchev–Trinajstić information content (AvgIpc) is 2.47. The van der Waals surface area contributed by atoms with Gasteiger partial charge in [-0.2, -0.15) is 0 Å². The quantitative estimate of drug-likeness (QED) is 0.573. The summed E-state index contributed by atoms with van der Waals surface area (Å²) in [4.78, 5) is 13.5. The summed E-state index contributed by atoms with van der Waals surface area (Å²) in [5.41, 5.74) is 0. The molecule has 1 fully saturated rings. The van der Waals surface area contributed by atoms with Gasteiger partial charge in [0, 0.05) is 12.5 Å². The molecule has 0 bridgehead atoms. The summed E-state index contributed by atoms with van der Waals surface area (Å²) in [6.45, 7) is 2.96. The van der Waals surface area contributed by atoms with Crippen LogP contribution in [0, 0.1) is 9.49 Å². The zero-order valence-corrected chi connectivity index (χ0v) is 13.8. The molecule has 1 aromatic rings. The van der Waals surface area contributed by atoms with Gasteiger partial charge in [0.25, 0.3) is 0 Å². The minimum Gasteiger partial charge on any atom is -0.492 e. The number of ether oxygens (including phenoxy) is 2. The number of para-hydroxylation sites is 1. The first kappa shape index (κ1) is 15.6. The third-order valence-corrected chi connectivity index (χ3v) is 4.39.